The molecule has 2 amide bonds. The SMILES string of the molecule is O=C(CCCCCNCCCNC(=O)c1ccc(O)c(O)c1)CC(O)(CC(=O)NCCCCCCCCCC(=O)c1ccc(O)c(O)c1)C(=O)O. The molecule has 0 aliphatic carbocycles. The van der Waals surface area contributed by atoms with E-state index < -0.39 is 36.1 Å². The maximum atomic E-state index is 12.4. The number of carbonyl (C=O) groups is 5. The predicted molar refractivity (Wildman–Crippen MR) is 189 cm³/mol. The van der Waals surface area contributed by atoms with Crippen molar-refractivity contribution in [2.45, 2.75) is 102 Å². The first-order chi connectivity index (χ1) is 24.3. The molecule has 14 nitrogen and oxygen atoms in total. The van der Waals surface area contributed by atoms with Crippen LogP contribution in [0.25, 0.3) is 0 Å². The van der Waals surface area contributed by atoms with Gasteiger partial charge in [-0.1, -0.05) is 38.5 Å². The minimum Gasteiger partial charge on any atom is -0.504 e. The summed E-state index contributed by atoms with van der Waals surface area (Å²) in [6.07, 6.45) is 7.69. The van der Waals surface area contributed by atoms with Gasteiger partial charge in [0.1, 0.15) is 5.78 Å². The van der Waals surface area contributed by atoms with Gasteiger partial charge in [-0.15, -0.1) is 0 Å². The number of carboxylic acid groups (broad SMARTS) is 1. The van der Waals surface area contributed by atoms with Gasteiger partial charge < -0.3 is 46.6 Å². The largest absolute Gasteiger partial charge is 0.504 e. The Bertz CT molecular complexity index is 1350. The second kappa shape index (κ2) is 22.9. The van der Waals surface area contributed by atoms with E-state index in [1.807, 2.05) is 0 Å². The molecule has 1 unspecified atom stereocenters. The average molecular weight is 716 g/mol. The molecule has 51 heavy (non-hydrogen) atoms. The van der Waals surface area contributed by atoms with Crippen molar-refractivity contribution >= 4 is 29.4 Å². The summed E-state index contributed by atoms with van der Waals surface area (Å²) < 4.78 is 0. The molecule has 0 aromatic heterocycles. The Morgan fingerprint density at radius 1 is 0.549 bits per heavy atom. The molecule has 2 rings (SSSR count). The maximum absolute atomic E-state index is 12.4. The van der Waals surface area contributed by atoms with Crippen molar-refractivity contribution in [1.29, 1.82) is 0 Å². The molecule has 0 saturated heterocycles. The van der Waals surface area contributed by atoms with Crippen molar-refractivity contribution in [1.82, 2.24) is 16.0 Å². The summed E-state index contributed by atoms with van der Waals surface area (Å²) in [7, 11) is 0. The quantitative estimate of drug-likeness (QED) is 0.0361. The van der Waals surface area contributed by atoms with Gasteiger partial charge >= 0.3 is 5.97 Å². The van der Waals surface area contributed by atoms with Gasteiger partial charge in [-0.3, -0.25) is 19.2 Å². The Morgan fingerprint density at radius 2 is 1.06 bits per heavy atom. The lowest BCUT2D eigenvalue weighted by molar-refractivity contribution is -0.164. The van der Waals surface area contributed by atoms with Gasteiger partial charge in [-0.2, -0.15) is 0 Å². The number of ketones is 2. The second-order valence-electron chi connectivity index (χ2n) is 12.8. The lowest BCUT2D eigenvalue weighted by atomic mass is 9.91. The van der Waals surface area contributed by atoms with Crippen LogP contribution < -0.4 is 16.0 Å². The Labute approximate surface area is 298 Å². The number of carbonyl (C=O) groups excluding carboxylic acids is 4. The molecule has 0 heterocycles. The van der Waals surface area contributed by atoms with Gasteiger partial charge in [-0.05, 0) is 81.6 Å². The zero-order valence-electron chi connectivity index (χ0n) is 29.1. The maximum Gasteiger partial charge on any atom is 0.336 e. The predicted octanol–water partition coefficient (Wildman–Crippen LogP) is 4.06. The van der Waals surface area contributed by atoms with Crippen LogP contribution in [0.1, 0.15) is 117 Å². The van der Waals surface area contributed by atoms with Crippen molar-refractivity contribution in [2.75, 3.05) is 26.2 Å². The van der Waals surface area contributed by atoms with Gasteiger partial charge in [0.15, 0.2) is 34.4 Å². The van der Waals surface area contributed by atoms with Crippen LogP contribution in [0.4, 0.5) is 0 Å². The normalized spacial score (nSPS) is 12.2. The van der Waals surface area contributed by atoms with E-state index in [0.29, 0.717) is 70.3 Å². The number of aliphatic carboxylic acids is 1. The minimum absolute atomic E-state index is 0.0902. The zero-order chi connectivity index (χ0) is 37.6. The molecule has 1 atom stereocenters. The highest BCUT2D eigenvalue weighted by Gasteiger charge is 2.40. The summed E-state index contributed by atoms with van der Waals surface area (Å²) in [6, 6.07) is 7.88. The molecule has 0 spiro atoms. The first-order valence-electron chi connectivity index (χ1n) is 17.6. The number of benzene rings is 2. The Kier molecular flexibility index (Phi) is 19.1. The van der Waals surface area contributed by atoms with E-state index in [1.54, 1.807) is 0 Å². The van der Waals surface area contributed by atoms with Crippen molar-refractivity contribution in [2.24, 2.45) is 0 Å². The number of aromatic hydroxyl groups is 4. The lowest BCUT2D eigenvalue weighted by Crippen LogP contribution is -2.45. The minimum atomic E-state index is -2.47. The van der Waals surface area contributed by atoms with Crippen LogP contribution in [0, 0.1) is 0 Å². The molecule has 14 heteroatoms. The van der Waals surface area contributed by atoms with E-state index in [0.717, 1.165) is 38.5 Å². The highest BCUT2D eigenvalue weighted by Crippen LogP contribution is 2.26. The molecule has 282 valence electrons. The molecule has 0 radical (unpaired) electrons. The number of aliphatic hydroxyl groups is 1. The number of nitrogens with one attached hydrogen (secondary N) is 3. The van der Waals surface area contributed by atoms with Gasteiger partial charge in [0, 0.05) is 43.5 Å². The highest BCUT2D eigenvalue weighted by atomic mass is 16.4. The smallest absolute Gasteiger partial charge is 0.336 e. The third kappa shape index (κ3) is 16.7. The summed E-state index contributed by atoms with van der Waals surface area (Å²) in [6.45, 7) is 2.07. The molecular weight excluding hydrogens is 662 g/mol. The number of phenolic OH excluding ortho intramolecular Hbond substituents is 4. The van der Waals surface area contributed by atoms with Gasteiger partial charge in [0.25, 0.3) is 5.91 Å². The van der Waals surface area contributed by atoms with Gasteiger partial charge in [0.05, 0.1) is 6.42 Å². The summed E-state index contributed by atoms with van der Waals surface area (Å²) in [5.41, 5.74) is -1.86. The standard InChI is InChI=1S/C37H53N3O11/c41-28(12-7-6-9-18-38-19-11-21-40-35(48)27-15-17-31(44)33(46)23-27)24-37(51,36(49)50)25-34(47)39-20-10-5-3-1-2-4-8-13-29(42)26-14-16-30(43)32(45)22-26/h14-17,22-23,38,43-46,51H,1-13,18-21,24-25H2,(H,39,47)(H,40,48)(H,49,50). The number of hydrogen-bond donors (Lipinski definition) is 9. The van der Waals surface area contributed by atoms with Crippen molar-refractivity contribution in [3.8, 4) is 23.0 Å². The molecule has 2 aromatic rings. The van der Waals surface area contributed by atoms with Crippen LogP contribution in [0.2, 0.25) is 0 Å². The average Bonchev–Trinajstić information content (AvgIpc) is 3.08. The third-order valence-corrected chi connectivity index (χ3v) is 8.40. The third-order valence-electron chi connectivity index (χ3n) is 8.40. The molecule has 0 saturated carbocycles. The first-order valence-corrected chi connectivity index (χ1v) is 17.6. The number of carboxylic acids is 1. The van der Waals surface area contributed by atoms with E-state index in [2.05, 4.69) is 16.0 Å². The summed E-state index contributed by atoms with van der Waals surface area (Å²) in [5.74, 6) is -4.38. The van der Waals surface area contributed by atoms with Crippen LogP contribution in [0.3, 0.4) is 0 Å². The van der Waals surface area contributed by atoms with Crippen LogP contribution >= 0.6 is 0 Å². The molecule has 0 aliphatic rings. The lowest BCUT2D eigenvalue weighted by Gasteiger charge is -2.22. The number of hydrogen-bond acceptors (Lipinski definition) is 11. The fourth-order valence-corrected chi connectivity index (χ4v) is 5.38. The Hall–Kier alpha value is -4.69. The van der Waals surface area contributed by atoms with Crippen LogP contribution in [0.5, 0.6) is 23.0 Å². The summed E-state index contributed by atoms with van der Waals surface area (Å²) >= 11 is 0. The number of rotatable bonds is 27. The molecule has 2 aromatic carbocycles. The number of unbranched alkanes of at least 4 members (excludes halogenated alkanes) is 8. The Morgan fingerprint density at radius 3 is 1.71 bits per heavy atom. The van der Waals surface area contributed by atoms with Crippen molar-refractivity contribution in [3.05, 3.63) is 47.5 Å². The van der Waals surface area contributed by atoms with Crippen LogP contribution in [0.15, 0.2) is 36.4 Å². The van der Waals surface area contributed by atoms with E-state index in [-0.39, 0.29) is 46.7 Å². The number of amides is 2. The van der Waals surface area contributed by atoms with Gasteiger partial charge in [0.2, 0.25) is 5.91 Å². The first kappa shape index (κ1) is 42.5. The molecule has 0 aliphatic heterocycles. The van der Waals surface area contributed by atoms with Gasteiger partial charge in [-0.25, -0.2) is 4.79 Å². The van der Waals surface area contributed by atoms with Crippen LogP contribution in [-0.4, -0.2) is 91.8 Å². The van der Waals surface area contributed by atoms with Crippen LogP contribution in [-0.2, 0) is 14.4 Å². The fourth-order valence-electron chi connectivity index (χ4n) is 5.38. The molecular formula is C37H53N3O11. The number of phenols is 4. The molecule has 0 bridgehead atoms. The van der Waals surface area contributed by atoms with E-state index in [1.165, 1.54) is 36.4 Å². The topological polar surface area (TPSA) is 243 Å². The van der Waals surface area contributed by atoms with E-state index in [9.17, 15) is 54.6 Å². The Balaban J connectivity index is 1.47. The second-order valence-corrected chi connectivity index (χ2v) is 12.8. The molecule has 9 N–H and O–H groups in total. The van der Waals surface area contributed by atoms with E-state index in [4.69, 9.17) is 0 Å². The molecule has 0 fully saturated rings. The van der Waals surface area contributed by atoms with E-state index >= 15 is 0 Å². The highest BCUT2D eigenvalue weighted by molar-refractivity contribution is 5.96. The number of Topliss-reactive ketones (excluding diaryl/α,β-unsaturated/α-hetero) is 2. The van der Waals surface area contributed by atoms with Crippen molar-refractivity contribution < 1.29 is 54.6 Å². The zero-order valence-corrected chi connectivity index (χ0v) is 29.1. The fraction of sp³-hybridized carbons (Fsp3) is 0.541. The summed E-state index contributed by atoms with van der Waals surface area (Å²) in [5, 5.41) is 66.4. The van der Waals surface area contributed by atoms with Crippen molar-refractivity contribution in [3.63, 3.8) is 0 Å². The monoisotopic (exact) mass is 715 g/mol. The summed E-state index contributed by atoms with van der Waals surface area (Å²) in [4.78, 5) is 60.8.